The van der Waals surface area contributed by atoms with Crippen molar-refractivity contribution < 1.29 is 22.7 Å². The van der Waals surface area contributed by atoms with Crippen molar-refractivity contribution in [2.24, 2.45) is 0 Å². The van der Waals surface area contributed by atoms with Gasteiger partial charge in [0.15, 0.2) is 0 Å². The van der Waals surface area contributed by atoms with Gasteiger partial charge in [-0.2, -0.15) is 13.2 Å². The van der Waals surface area contributed by atoms with E-state index in [4.69, 9.17) is 0 Å². The molecule has 0 bridgehead atoms. The van der Waals surface area contributed by atoms with Crippen molar-refractivity contribution in [1.29, 1.82) is 0 Å². The average Bonchev–Trinajstić information content (AvgIpc) is 2.20. The summed E-state index contributed by atoms with van der Waals surface area (Å²) in [7, 11) is 0. The van der Waals surface area contributed by atoms with Crippen LogP contribution in [0.4, 0.5) is 17.6 Å². The number of hydrogen-bond acceptors (Lipinski definition) is 1. The van der Waals surface area contributed by atoms with E-state index in [0.29, 0.717) is 11.1 Å². The van der Waals surface area contributed by atoms with Gasteiger partial charge in [0.05, 0.1) is 6.10 Å². The first-order chi connectivity index (χ1) is 7.79. The maximum atomic E-state index is 12.9. The van der Waals surface area contributed by atoms with E-state index < -0.39 is 24.5 Å². The van der Waals surface area contributed by atoms with Crippen LogP contribution < -0.4 is 0 Å². The van der Waals surface area contributed by atoms with E-state index >= 15 is 0 Å². The molecule has 1 N–H and O–H groups in total. The molecular formula is C12H14F4O. The fourth-order valence-corrected chi connectivity index (χ4v) is 1.54. The van der Waals surface area contributed by atoms with Crippen molar-refractivity contribution in [1.82, 2.24) is 0 Å². The van der Waals surface area contributed by atoms with E-state index in [9.17, 15) is 22.7 Å². The molecule has 0 amide bonds. The summed E-state index contributed by atoms with van der Waals surface area (Å²) in [5, 5.41) is 9.64. The van der Waals surface area contributed by atoms with Gasteiger partial charge in [-0.3, -0.25) is 0 Å². The average molecular weight is 250 g/mol. The Bertz CT molecular complexity index is 373. The van der Waals surface area contributed by atoms with Gasteiger partial charge in [-0.25, -0.2) is 4.39 Å². The van der Waals surface area contributed by atoms with E-state index in [0.717, 1.165) is 0 Å². The highest BCUT2D eigenvalue weighted by Gasteiger charge is 2.26. The first-order valence-electron chi connectivity index (χ1n) is 5.30. The second-order valence-electron chi connectivity index (χ2n) is 4.03. The SMILES string of the molecule is Cc1cc(C(O)CCCC(F)(F)F)ccc1F. The number of aryl methyl sites for hydroxylation is 1. The normalized spacial score (nSPS) is 13.8. The minimum Gasteiger partial charge on any atom is -0.388 e. The lowest BCUT2D eigenvalue weighted by Gasteiger charge is -2.12. The van der Waals surface area contributed by atoms with E-state index in [1.54, 1.807) is 6.92 Å². The molecule has 0 heterocycles. The van der Waals surface area contributed by atoms with Gasteiger partial charge in [0.25, 0.3) is 0 Å². The van der Waals surface area contributed by atoms with Crippen LogP contribution in [0.15, 0.2) is 18.2 Å². The topological polar surface area (TPSA) is 20.2 Å². The molecule has 1 aromatic rings. The predicted molar refractivity (Wildman–Crippen MR) is 56.0 cm³/mol. The number of benzene rings is 1. The molecule has 1 atom stereocenters. The number of halogens is 4. The summed E-state index contributed by atoms with van der Waals surface area (Å²) in [6, 6.07) is 4.05. The fourth-order valence-electron chi connectivity index (χ4n) is 1.54. The monoisotopic (exact) mass is 250 g/mol. The second kappa shape index (κ2) is 5.49. The van der Waals surface area contributed by atoms with Crippen LogP contribution in [0, 0.1) is 12.7 Å². The zero-order chi connectivity index (χ0) is 13.1. The Morgan fingerprint density at radius 3 is 2.47 bits per heavy atom. The van der Waals surface area contributed by atoms with Gasteiger partial charge in [0.2, 0.25) is 0 Å². The smallest absolute Gasteiger partial charge is 0.388 e. The molecule has 0 fully saturated rings. The lowest BCUT2D eigenvalue weighted by Crippen LogP contribution is -2.08. The third-order valence-corrected chi connectivity index (χ3v) is 2.50. The van der Waals surface area contributed by atoms with E-state index in [-0.39, 0.29) is 12.8 Å². The highest BCUT2D eigenvalue weighted by molar-refractivity contribution is 5.25. The Kier molecular flexibility index (Phi) is 4.51. The molecule has 0 aliphatic rings. The molecule has 0 radical (unpaired) electrons. The molecule has 0 aromatic heterocycles. The van der Waals surface area contributed by atoms with Crippen LogP contribution >= 0.6 is 0 Å². The molecule has 0 aliphatic heterocycles. The fraction of sp³-hybridized carbons (Fsp3) is 0.500. The number of aliphatic hydroxyl groups excluding tert-OH is 1. The van der Waals surface area contributed by atoms with E-state index in [1.807, 2.05) is 0 Å². The zero-order valence-corrected chi connectivity index (χ0v) is 9.39. The maximum absolute atomic E-state index is 12.9. The standard InChI is InChI=1S/C12H14F4O/c1-8-7-9(4-5-10(8)13)11(17)3-2-6-12(14,15)16/h4-5,7,11,17H,2-3,6H2,1H3. The number of alkyl halides is 3. The third-order valence-electron chi connectivity index (χ3n) is 2.50. The summed E-state index contributed by atoms with van der Waals surface area (Å²) in [5.41, 5.74) is 0.823. The molecule has 5 heteroatoms. The van der Waals surface area contributed by atoms with Gasteiger partial charge < -0.3 is 5.11 Å². The third kappa shape index (κ3) is 4.73. The van der Waals surface area contributed by atoms with Crippen LogP contribution in [0.2, 0.25) is 0 Å². The summed E-state index contributed by atoms with van der Waals surface area (Å²) < 4.78 is 48.6. The maximum Gasteiger partial charge on any atom is 0.389 e. The van der Waals surface area contributed by atoms with Crippen LogP contribution in [0.5, 0.6) is 0 Å². The molecule has 17 heavy (non-hydrogen) atoms. The molecule has 1 aromatic carbocycles. The van der Waals surface area contributed by atoms with Crippen molar-refractivity contribution >= 4 is 0 Å². The molecule has 0 saturated heterocycles. The molecule has 96 valence electrons. The molecule has 1 nitrogen and oxygen atoms in total. The first-order valence-corrected chi connectivity index (χ1v) is 5.30. The Morgan fingerprint density at radius 2 is 1.94 bits per heavy atom. The van der Waals surface area contributed by atoms with Crippen molar-refractivity contribution in [2.45, 2.75) is 38.5 Å². The minimum atomic E-state index is -4.20. The lowest BCUT2D eigenvalue weighted by atomic mass is 10.0. The van der Waals surface area contributed by atoms with Crippen LogP contribution in [0.3, 0.4) is 0 Å². The van der Waals surface area contributed by atoms with Gasteiger partial charge in [-0.05, 0) is 37.0 Å². The molecule has 0 spiro atoms. The molecular weight excluding hydrogens is 236 g/mol. The van der Waals surface area contributed by atoms with Crippen molar-refractivity contribution in [3.63, 3.8) is 0 Å². The summed E-state index contributed by atoms with van der Waals surface area (Å²) in [4.78, 5) is 0. The summed E-state index contributed by atoms with van der Waals surface area (Å²) in [6.07, 6.45) is -6.20. The van der Waals surface area contributed by atoms with Gasteiger partial charge in [-0.15, -0.1) is 0 Å². The number of aliphatic hydroxyl groups is 1. The van der Waals surface area contributed by atoms with E-state index in [2.05, 4.69) is 0 Å². The van der Waals surface area contributed by atoms with Crippen LogP contribution in [0.25, 0.3) is 0 Å². The molecule has 1 rings (SSSR count). The highest BCUT2D eigenvalue weighted by atomic mass is 19.4. The van der Waals surface area contributed by atoms with E-state index in [1.165, 1.54) is 18.2 Å². The molecule has 1 unspecified atom stereocenters. The Labute approximate surface area is 97.1 Å². The first kappa shape index (κ1) is 14.0. The van der Waals surface area contributed by atoms with Gasteiger partial charge in [0, 0.05) is 6.42 Å². The summed E-state index contributed by atoms with van der Waals surface area (Å²) in [6.45, 7) is 1.54. The van der Waals surface area contributed by atoms with Crippen molar-refractivity contribution in [2.75, 3.05) is 0 Å². The highest BCUT2D eigenvalue weighted by Crippen LogP contribution is 2.26. The van der Waals surface area contributed by atoms with Crippen LogP contribution in [-0.4, -0.2) is 11.3 Å². The van der Waals surface area contributed by atoms with Crippen molar-refractivity contribution in [3.8, 4) is 0 Å². The van der Waals surface area contributed by atoms with Crippen molar-refractivity contribution in [3.05, 3.63) is 35.1 Å². The van der Waals surface area contributed by atoms with Gasteiger partial charge in [0.1, 0.15) is 5.82 Å². The summed E-state index contributed by atoms with van der Waals surface area (Å²) >= 11 is 0. The Morgan fingerprint density at radius 1 is 1.29 bits per heavy atom. The molecule has 0 saturated carbocycles. The zero-order valence-electron chi connectivity index (χ0n) is 9.39. The Hall–Kier alpha value is -1.10. The van der Waals surface area contributed by atoms with Crippen LogP contribution in [-0.2, 0) is 0 Å². The minimum absolute atomic E-state index is 0.0184. The molecule has 0 aliphatic carbocycles. The largest absolute Gasteiger partial charge is 0.389 e. The van der Waals surface area contributed by atoms with Gasteiger partial charge >= 0.3 is 6.18 Å². The van der Waals surface area contributed by atoms with Gasteiger partial charge in [-0.1, -0.05) is 12.1 Å². The number of hydrogen-bond donors (Lipinski definition) is 1. The number of rotatable bonds is 4. The van der Waals surface area contributed by atoms with Crippen LogP contribution in [0.1, 0.15) is 36.5 Å². The second-order valence-corrected chi connectivity index (χ2v) is 4.03. The lowest BCUT2D eigenvalue weighted by molar-refractivity contribution is -0.136. The predicted octanol–water partition coefficient (Wildman–Crippen LogP) is 3.90. The quantitative estimate of drug-likeness (QED) is 0.803. The Balaban J connectivity index is 2.52. The summed E-state index contributed by atoms with van der Waals surface area (Å²) in [5.74, 6) is -0.392.